The molecule has 0 spiro atoms. The Morgan fingerprint density at radius 2 is 1.96 bits per heavy atom. The zero-order valence-corrected chi connectivity index (χ0v) is 15.2. The third-order valence-corrected chi connectivity index (χ3v) is 4.08. The van der Waals surface area contributed by atoms with Gasteiger partial charge in [-0.1, -0.05) is 23.7 Å². The number of rotatable bonds is 5. The molecule has 0 bridgehead atoms. The first-order valence-electron chi connectivity index (χ1n) is 8.08. The molecule has 0 atom stereocenters. The number of aromatic nitrogens is 3. The summed E-state index contributed by atoms with van der Waals surface area (Å²) < 4.78 is 0. The fourth-order valence-corrected chi connectivity index (χ4v) is 2.51. The minimum Gasteiger partial charge on any atom is -0.345 e. The van der Waals surface area contributed by atoms with Gasteiger partial charge in [-0.3, -0.25) is 9.78 Å². The molecule has 0 saturated carbocycles. The lowest BCUT2D eigenvalue weighted by atomic mass is 10.2. The van der Waals surface area contributed by atoms with Crippen molar-refractivity contribution in [1.82, 2.24) is 20.3 Å². The highest BCUT2D eigenvalue weighted by molar-refractivity contribution is 6.31. The second-order valence-electron chi connectivity index (χ2n) is 5.78. The zero-order valence-electron chi connectivity index (χ0n) is 14.5. The fraction of sp³-hybridized carbons (Fsp3) is 0.158. The molecule has 1 amide bonds. The van der Waals surface area contributed by atoms with E-state index in [0.717, 1.165) is 16.9 Å². The van der Waals surface area contributed by atoms with Crippen molar-refractivity contribution in [3.05, 3.63) is 76.5 Å². The van der Waals surface area contributed by atoms with Crippen LogP contribution in [-0.4, -0.2) is 20.9 Å². The van der Waals surface area contributed by atoms with Crippen molar-refractivity contribution >= 4 is 29.0 Å². The Kier molecular flexibility index (Phi) is 5.43. The Morgan fingerprint density at radius 1 is 1.12 bits per heavy atom. The van der Waals surface area contributed by atoms with Crippen molar-refractivity contribution in [3.8, 4) is 0 Å². The summed E-state index contributed by atoms with van der Waals surface area (Å²) in [4.78, 5) is 25.1. The topological polar surface area (TPSA) is 79.8 Å². The van der Waals surface area contributed by atoms with Crippen molar-refractivity contribution in [2.24, 2.45) is 0 Å². The maximum Gasteiger partial charge on any atom is 0.270 e. The maximum atomic E-state index is 12.4. The van der Waals surface area contributed by atoms with Crippen LogP contribution in [0, 0.1) is 13.8 Å². The molecule has 0 aliphatic carbocycles. The Morgan fingerprint density at radius 3 is 2.69 bits per heavy atom. The molecule has 0 saturated heterocycles. The monoisotopic (exact) mass is 367 g/mol. The molecule has 2 heterocycles. The summed E-state index contributed by atoms with van der Waals surface area (Å²) in [7, 11) is 0. The lowest BCUT2D eigenvalue weighted by Crippen LogP contribution is -2.24. The number of hydrogen-bond donors (Lipinski definition) is 2. The van der Waals surface area contributed by atoms with E-state index < -0.39 is 0 Å². The number of carbonyl (C=O) groups excluding carboxylic acids is 1. The molecule has 0 radical (unpaired) electrons. The predicted molar refractivity (Wildman–Crippen MR) is 102 cm³/mol. The molecule has 0 fully saturated rings. The molecule has 2 N–H and O–H groups in total. The fourth-order valence-electron chi connectivity index (χ4n) is 2.33. The van der Waals surface area contributed by atoms with Crippen molar-refractivity contribution in [1.29, 1.82) is 0 Å². The molecule has 6 nitrogen and oxygen atoms in total. The van der Waals surface area contributed by atoms with Crippen LogP contribution in [-0.2, 0) is 6.54 Å². The van der Waals surface area contributed by atoms with E-state index >= 15 is 0 Å². The van der Waals surface area contributed by atoms with Gasteiger partial charge in [0.15, 0.2) is 0 Å². The van der Waals surface area contributed by atoms with E-state index in [9.17, 15) is 4.79 Å². The number of benzene rings is 1. The maximum absolute atomic E-state index is 12.4. The predicted octanol–water partition coefficient (Wildman–Crippen LogP) is 3.82. The number of hydrogen-bond acceptors (Lipinski definition) is 5. The number of nitrogens with zero attached hydrogens (tertiary/aromatic N) is 3. The third-order valence-electron chi connectivity index (χ3n) is 3.67. The van der Waals surface area contributed by atoms with Gasteiger partial charge in [-0.2, -0.15) is 0 Å². The number of amides is 1. The van der Waals surface area contributed by atoms with Gasteiger partial charge in [0.2, 0.25) is 0 Å². The molecule has 1 aromatic carbocycles. The van der Waals surface area contributed by atoms with Gasteiger partial charge in [0, 0.05) is 23.0 Å². The molecule has 26 heavy (non-hydrogen) atoms. The van der Waals surface area contributed by atoms with E-state index in [1.54, 1.807) is 19.2 Å². The summed E-state index contributed by atoms with van der Waals surface area (Å²) in [6, 6.07) is 12.8. The SMILES string of the molecule is Cc1nc(Nc2ccc(C)c(Cl)c2)cc(C(=O)NCc2ccccn2)n1. The summed E-state index contributed by atoms with van der Waals surface area (Å²) in [5.74, 6) is 0.739. The first-order valence-corrected chi connectivity index (χ1v) is 8.46. The number of aryl methyl sites for hydroxylation is 2. The van der Waals surface area contributed by atoms with E-state index in [1.165, 1.54) is 0 Å². The Hall–Kier alpha value is -2.99. The minimum atomic E-state index is -0.286. The normalized spacial score (nSPS) is 10.4. The van der Waals surface area contributed by atoms with Gasteiger partial charge in [-0.05, 0) is 43.7 Å². The average Bonchev–Trinajstić information content (AvgIpc) is 2.63. The van der Waals surface area contributed by atoms with Crippen LogP contribution in [0.15, 0.2) is 48.7 Å². The Labute approximate surface area is 156 Å². The third kappa shape index (κ3) is 4.55. The summed E-state index contributed by atoms with van der Waals surface area (Å²) in [6.07, 6.45) is 1.69. The number of nitrogens with one attached hydrogen (secondary N) is 2. The van der Waals surface area contributed by atoms with Gasteiger partial charge in [-0.15, -0.1) is 0 Å². The van der Waals surface area contributed by atoms with Gasteiger partial charge >= 0.3 is 0 Å². The lowest BCUT2D eigenvalue weighted by Gasteiger charge is -2.10. The second-order valence-corrected chi connectivity index (χ2v) is 6.19. The van der Waals surface area contributed by atoms with Crippen LogP contribution in [0.25, 0.3) is 0 Å². The minimum absolute atomic E-state index is 0.286. The van der Waals surface area contributed by atoms with E-state index in [1.807, 2.05) is 43.3 Å². The van der Waals surface area contributed by atoms with Crippen molar-refractivity contribution in [2.45, 2.75) is 20.4 Å². The van der Waals surface area contributed by atoms with Gasteiger partial charge in [0.25, 0.3) is 5.91 Å². The molecule has 7 heteroatoms. The quantitative estimate of drug-likeness (QED) is 0.716. The Bertz CT molecular complexity index is 930. The highest BCUT2D eigenvalue weighted by Gasteiger charge is 2.11. The molecule has 3 aromatic rings. The summed E-state index contributed by atoms with van der Waals surface area (Å²) in [6.45, 7) is 4.01. The van der Waals surface area contributed by atoms with Crippen LogP contribution >= 0.6 is 11.6 Å². The molecule has 132 valence electrons. The van der Waals surface area contributed by atoms with E-state index in [-0.39, 0.29) is 11.6 Å². The van der Waals surface area contributed by atoms with Crippen LogP contribution in [0.5, 0.6) is 0 Å². The first kappa shape index (κ1) is 17.8. The van der Waals surface area contributed by atoms with Gasteiger partial charge in [-0.25, -0.2) is 9.97 Å². The highest BCUT2D eigenvalue weighted by atomic mass is 35.5. The van der Waals surface area contributed by atoms with Crippen LogP contribution in [0.3, 0.4) is 0 Å². The van der Waals surface area contributed by atoms with E-state index in [0.29, 0.717) is 23.2 Å². The lowest BCUT2D eigenvalue weighted by molar-refractivity contribution is 0.0945. The summed E-state index contributed by atoms with van der Waals surface area (Å²) in [5.41, 5.74) is 2.85. The standard InChI is InChI=1S/C19H18ClN5O/c1-12-6-7-14(9-16(12)20)25-18-10-17(23-13(2)24-18)19(26)22-11-15-5-3-4-8-21-15/h3-10H,11H2,1-2H3,(H,22,26)(H,23,24,25). The molecule has 0 aliphatic rings. The number of pyridine rings is 1. The van der Waals surface area contributed by atoms with Crippen molar-refractivity contribution in [3.63, 3.8) is 0 Å². The van der Waals surface area contributed by atoms with Gasteiger partial charge < -0.3 is 10.6 Å². The number of anilines is 2. The summed E-state index contributed by atoms with van der Waals surface area (Å²) in [5, 5.41) is 6.62. The molecule has 0 aliphatic heterocycles. The van der Waals surface area contributed by atoms with E-state index in [4.69, 9.17) is 11.6 Å². The molecular weight excluding hydrogens is 350 g/mol. The molecular formula is C19H18ClN5O. The summed E-state index contributed by atoms with van der Waals surface area (Å²) >= 11 is 6.15. The van der Waals surface area contributed by atoms with Crippen molar-refractivity contribution < 1.29 is 4.79 Å². The van der Waals surface area contributed by atoms with Crippen LogP contribution in [0.4, 0.5) is 11.5 Å². The molecule has 2 aromatic heterocycles. The number of carbonyl (C=O) groups is 1. The first-order chi connectivity index (χ1) is 12.5. The zero-order chi connectivity index (χ0) is 18.5. The van der Waals surface area contributed by atoms with Gasteiger partial charge in [0.1, 0.15) is 17.3 Å². The largest absolute Gasteiger partial charge is 0.345 e. The Balaban J connectivity index is 1.74. The van der Waals surface area contributed by atoms with E-state index in [2.05, 4.69) is 25.6 Å². The smallest absolute Gasteiger partial charge is 0.270 e. The molecule has 3 rings (SSSR count). The van der Waals surface area contributed by atoms with Crippen molar-refractivity contribution in [2.75, 3.05) is 5.32 Å². The number of halogens is 1. The van der Waals surface area contributed by atoms with Gasteiger partial charge in [0.05, 0.1) is 12.2 Å². The van der Waals surface area contributed by atoms with Crippen LogP contribution in [0.1, 0.15) is 27.6 Å². The average molecular weight is 368 g/mol. The second kappa shape index (κ2) is 7.93. The molecule has 0 unspecified atom stereocenters. The highest BCUT2D eigenvalue weighted by Crippen LogP contribution is 2.22. The van der Waals surface area contributed by atoms with Crippen LogP contribution in [0.2, 0.25) is 5.02 Å². The van der Waals surface area contributed by atoms with Crippen LogP contribution < -0.4 is 10.6 Å².